The largest absolute Gasteiger partial charge is 0.487 e. The smallest absolute Gasteiger partial charge is 0.387 e. The number of hydrogen-bond donors (Lipinski definition) is 1. The van der Waals surface area contributed by atoms with Crippen molar-refractivity contribution in [1.82, 2.24) is 14.3 Å². The number of ether oxygens (including phenoxy) is 2. The van der Waals surface area contributed by atoms with E-state index in [0.717, 1.165) is 17.1 Å². The summed E-state index contributed by atoms with van der Waals surface area (Å²) >= 11 is 1.10. The Morgan fingerprint density at radius 2 is 1.91 bits per heavy atom. The highest BCUT2D eigenvalue weighted by molar-refractivity contribution is 7.09. The van der Waals surface area contributed by atoms with Crippen molar-refractivity contribution in [2.75, 3.05) is 11.9 Å². The molecule has 1 saturated heterocycles. The van der Waals surface area contributed by atoms with Crippen molar-refractivity contribution in [1.29, 1.82) is 0 Å². The Morgan fingerprint density at radius 3 is 2.52 bits per heavy atom. The van der Waals surface area contributed by atoms with Gasteiger partial charge in [-0.3, -0.25) is 14.9 Å². The highest BCUT2D eigenvalue weighted by Crippen LogP contribution is 2.37. The van der Waals surface area contributed by atoms with E-state index in [1.165, 1.54) is 11.0 Å². The summed E-state index contributed by atoms with van der Waals surface area (Å²) in [6.45, 7) is 6.48. The number of nitrogens with one attached hydrogen (secondary N) is 1. The summed E-state index contributed by atoms with van der Waals surface area (Å²) in [5.41, 5.74) is 0.751. The van der Waals surface area contributed by atoms with Gasteiger partial charge in [-0.05, 0) is 38.5 Å². The van der Waals surface area contributed by atoms with Crippen molar-refractivity contribution in [3.63, 3.8) is 0 Å². The lowest BCUT2D eigenvalue weighted by molar-refractivity contribution is -0.134. The van der Waals surface area contributed by atoms with Crippen molar-refractivity contribution >= 4 is 28.5 Å². The number of aromatic nitrogens is 2. The van der Waals surface area contributed by atoms with E-state index in [9.17, 15) is 18.4 Å². The second kappa shape index (κ2) is 10.4. The lowest BCUT2D eigenvalue weighted by Crippen LogP contribution is -2.42. The number of amides is 2. The Hall–Kier alpha value is -2.82. The van der Waals surface area contributed by atoms with E-state index in [2.05, 4.69) is 19.4 Å². The topological polar surface area (TPSA) is 93.7 Å². The van der Waals surface area contributed by atoms with Crippen LogP contribution in [-0.4, -0.2) is 51.4 Å². The number of benzene rings is 1. The van der Waals surface area contributed by atoms with Crippen LogP contribution in [0.3, 0.4) is 0 Å². The van der Waals surface area contributed by atoms with Gasteiger partial charge in [-0.25, -0.2) is 4.98 Å². The fourth-order valence-electron chi connectivity index (χ4n) is 3.52. The molecule has 2 atom stereocenters. The molecule has 1 fully saturated rings. The Balaban J connectivity index is 1.71. The highest BCUT2D eigenvalue weighted by Gasteiger charge is 2.36. The maximum Gasteiger partial charge on any atom is 0.387 e. The monoisotopic (exact) mass is 482 g/mol. The minimum Gasteiger partial charge on any atom is -0.487 e. The van der Waals surface area contributed by atoms with Crippen LogP contribution in [-0.2, 0) is 9.59 Å². The molecule has 8 nitrogen and oxygen atoms in total. The average molecular weight is 483 g/mol. The Morgan fingerprint density at radius 1 is 1.18 bits per heavy atom. The minimum atomic E-state index is -2.97. The molecule has 1 N–H and O–H groups in total. The van der Waals surface area contributed by atoms with Crippen molar-refractivity contribution in [3.8, 4) is 11.5 Å². The van der Waals surface area contributed by atoms with Crippen molar-refractivity contribution in [2.24, 2.45) is 0 Å². The summed E-state index contributed by atoms with van der Waals surface area (Å²) < 4.78 is 39.9. The Kier molecular flexibility index (Phi) is 7.83. The molecule has 0 spiro atoms. The lowest BCUT2D eigenvalue weighted by Gasteiger charge is -2.23. The van der Waals surface area contributed by atoms with Crippen LogP contribution in [0.25, 0.3) is 0 Å². The third-order valence-corrected chi connectivity index (χ3v) is 5.86. The third kappa shape index (κ3) is 6.16. The SMILES string of the molecule is CC(C)Oc1cc(C2CC(=O)N(C(C)C(=O)Nc3nc(C(C)C)ns3)C2)ccc1OC(F)F. The third-order valence-electron chi connectivity index (χ3n) is 5.21. The fourth-order valence-corrected chi connectivity index (χ4v) is 4.23. The quantitative estimate of drug-likeness (QED) is 0.570. The van der Waals surface area contributed by atoms with E-state index in [1.54, 1.807) is 32.9 Å². The predicted molar refractivity (Wildman–Crippen MR) is 120 cm³/mol. The number of carbonyl (C=O) groups is 2. The van der Waals surface area contributed by atoms with E-state index >= 15 is 0 Å². The van der Waals surface area contributed by atoms with Gasteiger partial charge in [-0.15, -0.1) is 0 Å². The summed E-state index contributed by atoms with van der Waals surface area (Å²) in [7, 11) is 0. The molecule has 11 heteroatoms. The molecule has 180 valence electrons. The van der Waals surface area contributed by atoms with Gasteiger partial charge in [0.2, 0.25) is 16.9 Å². The molecule has 0 saturated carbocycles. The fraction of sp³-hybridized carbons (Fsp3) is 0.545. The van der Waals surface area contributed by atoms with E-state index in [0.29, 0.717) is 17.5 Å². The summed E-state index contributed by atoms with van der Waals surface area (Å²) in [6.07, 6.45) is -0.0494. The van der Waals surface area contributed by atoms with Gasteiger partial charge in [0, 0.05) is 36.3 Å². The molecular formula is C22H28F2N4O4S. The van der Waals surface area contributed by atoms with Crippen LogP contribution in [0.15, 0.2) is 18.2 Å². The second-order valence-electron chi connectivity index (χ2n) is 8.48. The highest BCUT2D eigenvalue weighted by atomic mass is 32.1. The van der Waals surface area contributed by atoms with Gasteiger partial charge >= 0.3 is 6.61 Å². The van der Waals surface area contributed by atoms with Crippen LogP contribution < -0.4 is 14.8 Å². The van der Waals surface area contributed by atoms with Gasteiger partial charge in [0.25, 0.3) is 0 Å². The maximum atomic E-state index is 12.7. The summed E-state index contributed by atoms with van der Waals surface area (Å²) in [6, 6.07) is 3.98. The molecule has 33 heavy (non-hydrogen) atoms. The van der Waals surface area contributed by atoms with E-state index in [4.69, 9.17) is 4.74 Å². The molecule has 2 heterocycles. The molecule has 0 aliphatic carbocycles. The summed E-state index contributed by atoms with van der Waals surface area (Å²) in [4.78, 5) is 31.2. The minimum absolute atomic E-state index is 0.0609. The first kappa shape index (κ1) is 24.8. The lowest BCUT2D eigenvalue weighted by atomic mass is 9.98. The molecule has 2 aromatic rings. The van der Waals surface area contributed by atoms with Crippen molar-refractivity contribution < 1.29 is 27.8 Å². The van der Waals surface area contributed by atoms with Gasteiger partial charge in [0.15, 0.2) is 11.5 Å². The van der Waals surface area contributed by atoms with Crippen LogP contribution in [0.1, 0.15) is 64.3 Å². The van der Waals surface area contributed by atoms with Crippen LogP contribution in [0.2, 0.25) is 0 Å². The zero-order valence-corrected chi connectivity index (χ0v) is 20.0. The first-order chi connectivity index (χ1) is 15.5. The second-order valence-corrected chi connectivity index (χ2v) is 9.23. The number of alkyl halides is 2. The van der Waals surface area contributed by atoms with Crippen LogP contribution in [0.4, 0.5) is 13.9 Å². The standard InChI is InChI=1S/C22H28F2N4O4S/c1-11(2)19-25-22(33-27-19)26-20(30)13(5)28-10-15(9-18(28)29)14-6-7-16(32-21(23)24)17(8-14)31-12(3)4/h6-8,11-13,15,21H,9-10H2,1-5H3,(H,25,26,27,30). The number of rotatable bonds is 9. The number of nitrogens with zero attached hydrogens (tertiary/aromatic N) is 3. The van der Waals surface area contributed by atoms with Gasteiger partial charge in [0.1, 0.15) is 11.9 Å². The average Bonchev–Trinajstić information content (AvgIpc) is 3.35. The molecule has 3 rings (SSSR count). The molecule has 2 amide bonds. The van der Waals surface area contributed by atoms with E-state index < -0.39 is 12.7 Å². The van der Waals surface area contributed by atoms with Gasteiger partial charge in [-0.1, -0.05) is 19.9 Å². The predicted octanol–water partition coefficient (Wildman–Crippen LogP) is 4.39. The molecule has 1 aromatic carbocycles. The first-order valence-electron chi connectivity index (χ1n) is 10.7. The van der Waals surface area contributed by atoms with Crippen molar-refractivity contribution in [3.05, 3.63) is 29.6 Å². The Labute approximate surface area is 195 Å². The van der Waals surface area contributed by atoms with Gasteiger partial charge in [-0.2, -0.15) is 13.2 Å². The number of likely N-dealkylation sites (tertiary alicyclic amines) is 1. The molecule has 1 aliphatic rings. The number of carbonyl (C=O) groups excluding carboxylic acids is 2. The maximum absolute atomic E-state index is 12.7. The zero-order valence-electron chi connectivity index (χ0n) is 19.2. The number of anilines is 1. The van der Waals surface area contributed by atoms with Crippen LogP contribution in [0.5, 0.6) is 11.5 Å². The van der Waals surface area contributed by atoms with E-state index in [-0.39, 0.29) is 47.7 Å². The molecule has 2 unspecified atom stereocenters. The van der Waals surface area contributed by atoms with Crippen LogP contribution in [0, 0.1) is 0 Å². The van der Waals surface area contributed by atoms with Crippen molar-refractivity contribution in [2.45, 2.75) is 71.6 Å². The zero-order chi connectivity index (χ0) is 24.3. The number of hydrogen-bond acceptors (Lipinski definition) is 7. The molecule has 1 aliphatic heterocycles. The normalized spacial score (nSPS) is 17.2. The first-order valence-corrected chi connectivity index (χ1v) is 11.5. The number of halogens is 2. The molecule has 0 radical (unpaired) electrons. The molecule has 0 bridgehead atoms. The Bertz CT molecular complexity index is 999. The molecule has 1 aromatic heterocycles. The molecular weight excluding hydrogens is 454 g/mol. The van der Waals surface area contributed by atoms with Gasteiger partial charge < -0.3 is 14.4 Å². The summed E-state index contributed by atoms with van der Waals surface area (Å²) in [5, 5.41) is 3.12. The van der Waals surface area contributed by atoms with Crippen LogP contribution >= 0.6 is 11.5 Å². The van der Waals surface area contributed by atoms with E-state index in [1.807, 2.05) is 13.8 Å². The van der Waals surface area contributed by atoms with Gasteiger partial charge in [0.05, 0.1) is 6.10 Å². The summed E-state index contributed by atoms with van der Waals surface area (Å²) in [5.74, 6) is 0.205.